The average molecular weight is 394 g/mol. The third-order valence-electron chi connectivity index (χ3n) is 3.95. The molecule has 0 unspecified atom stereocenters. The van der Waals surface area contributed by atoms with E-state index in [-0.39, 0.29) is 25.6 Å². The first kappa shape index (κ1) is 23.2. The van der Waals surface area contributed by atoms with Crippen LogP contribution in [0, 0.1) is 5.92 Å². The maximum absolute atomic E-state index is 12.4. The van der Waals surface area contributed by atoms with Crippen molar-refractivity contribution in [3.05, 3.63) is 40.3 Å². The van der Waals surface area contributed by atoms with Gasteiger partial charge in [-0.05, 0) is 29.1 Å². The molecule has 1 amide bonds. The van der Waals surface area contributed by atoms with E-state index in [1.807, 2.05) is 0 Å². The molecule has 0 saturated heterocycles. The average Bonchev–Trinajstić information content (AvgIpc) is 2.69. The fourth-order valence-electron chi connectivity index (χ4n) is 2.40. The predicted octanol–water partition coefficient (Wildman–Crippen LogP) is 0.954. The SMILES string of the molecule is COC(=O)[C@H](Cc1ccc(OC(CO)CO)cc1)NC(=O)[C@@H](N=[N+]=[N-])C(C)C. The molecule has 154 valence electrons. The number of esters is 1. The molecule has 3 N–H and O–H groups in total. The van der Waals surface area contributed by atoms with Crippen molar-refractivity contribution >= 4 is 11.9 Å². The van der Waals surface area contributed by atoms with E-state index >= 15 is 0 Å². The monoisotopic (exact) mass is 394 g/mol. The number of amides is 1. The van der Waals surface area contributed by atoms with Crippen LogP contribution in [0.3, 0.4) is 0 Å². The van der Waals surface area contributed by atoms with Crippen molar-refractivity contribution in [2.75, 3.05) is 20.3 Å². The largest absolute Gasteiger partial charge is 0.486 e. The number of methoxy groups -OCH3 is 1. The number of aliphatic hydroxyl groups is 2. The van der Waals surface area contributed by atoms with Gasteiger partial charge in [0.05, 0.1) is 20.3 Å². The lowest BCUT2D eigenvalue weighted by molar-refractivity contribution is -0.145. The fraction of sp³-hybridized carbons (Fsp3) is 0.556. The zero-order valence-electron chi connectivity index (χ0n) is 16.1. The molecule has 0 fully saturated rings. The van der Waals surface area contributed by atoms with Gasteiger partial charge in [0.25, 0.3) is 0 Å². The number of hydrogen-bond donors (Lipinski definition) is 3. The van der Waals surface area contributed by atoms with Crippen LogP contribution in [0.1, 0.15) is 19.4 Å². The number of azide groups is 1. The van der Waals surface area contributed by atoms with Gasteiger partial charge in [-0.1, -0.05) is 31.1 Å². The number of rotatable bonds is 11. The van der Waals surface area contributed by atoms with Crippen molar-refractivity contribution in [1.82, 2.24) is 5.32 Å². The van der Waals surface area contributed by atoms with Crippen molar-refractivity contribution in [2.24, 2.45) is 11.0 Å². The summed E-state index contributed by atoms with van der Waals surface area (Å²) < 4.78 is 10.1. The molecular weight excluding hydrogens is 368 g/mol. The Balaban J connectivity index is 2.88. The summed E-state index contributed by atoms with van der Waals surface area (Å²) in [5.74, 6) is -0.981. The van der Waals surface area contributed by atoms with Crippen LogP contribution in [0.2, 0.25) is 0 Å². The first-order chi connectivity index (χ1) is 13.4. The van der Waals surface area contributed by atoms with Crippen molar-refractivity contribution in [3.63, 3.8) is 0 Å². The first-order valence-electron chi connectivity index (χ1n) is 8.75. The number of aliphatic hydroxyl groups excluding tert-OH is 2. The van der Waals surface area contributed by atoms with E-state index in [1.165, 1.54) is 7.11 Å². The van der Waals surface area contributed by atoms with Crippen LogP contribution in [0.4, 0.5) is 0 Å². The van der Waals surface area contributed by atoms with Gasteiger partial charge in [0.2, 0.25) is 5.91 Å². The molecule has 2 atom stereocenters. The molecule has 0 radical (unpaired) electrons. The second kappa shape index (κ2) is 11.8. The summed E-state index contributed by atoms with van der Waals surface area (Å²) in [5, 5.41) is 24.2. The number of ether oxygens (including phenoxy) is 2. The number of carbonyl (C=O) groups is 2. The number of nitrogens with zero attached hydrogens (tertiary/aromatic N) is 3. The lowest BCUT2D eigenvalue weighted by Crippen LogP contribution is -2.47. The van der Waals surface area contributed by atoms with E-state index in [9.17, 15) is 9.59 Å². The molecule has 10 nitrogen and oxygen atoms in total. The molecule has 0 saturated carbocycles. The molecule has 1 aromatic carbocycles. The van der Waals surface area contributed by atoms with Crippen LogP contribution >= 0.6 is 0 Å². The Hall–Kier alpha value is -2.81. The normalized spacial score (nSPS) is 12.8. The molecule has 0 aliphatic heterocycles. The minimum Gasteiger partial charge on any atom is -0.486 e. The standard InChI is InChI=1S/C18H26N4O6/c1-11(2)16(21-22-19)17(25)20-15(18(26)27-3)8-12-4-6-13(7-5-12)28-14(9-23)10-24/h4-7,11,14-16,23-24H,8-10H2,1-3H3,(H,20,25)/t15-,16-/m0/s1. The minimum absolute atomic E-state index is 0.156. The van der Waals surface area contributed by atoms with E-state index in [0.717, 1.165) is 5.56 Å². The number of nitrogens with one attached hydrogen (secondary N) is 1. The predicted molar refractivity (Wildman–Crippen MR) is 100 cm³/mol. The Bertz CT molecular complexity index is 684. The topological polar surface area (TPSA) is 154 Å². The smallest absolute Gasteiger partial charge is 0.328 e. The van der Waals surface area contributed by atoms with Crippen LogP contribution in [-0.4, -0.2) is 60.6 Å². The van der Waals surface area contributed by atoms with Crippen molar-refractivity contribution in [3.8, 4) is 5.75 Å². The summed E-state index contributed by atoms with van der Waals surface area (Å²) in [6, 6.07) is 4.73. The van der Waals surface area contributed by atoms with Crippen molar-refractivity contribution in [1.29, 1.82) is 0 Å². The highest BCUT2D eigenvalue weighted by Gasteiger charge is 2.27. The highest BCUT2D eigenvalue weighted by Crippen LogP contribution is 2.16. The third-order valence-corrected chi connectivity index (χ3v) is 3.95. The maximum atomic E-state index is 12.4. The molecule has 1 rings (SSSR count). The summed E-state index contributed by atoms with van der Waals surface area (Å²) in [7, 11) is 1.22. The summed E-state index contributed by atoms with van der Waals surface area (Å²) >= 11 is 0. The maximum Gasteiger partial charge on any atom is 0.328 e. The minimum atomic E-state index is -0.956. The Morgan fingerprint density at radius 3 is 2.29 bits per heavy atom. The van der Waals surface area contributed by atoms with Crippen LogP contribution < -0.4 is 10.1 Å². The first-order valence-corrected chi connectivity index (χ1v) is 8.75. The fourth-order valence-corrected chi connectivity index (χ4v) is 2.40. The van der Waals surface area contributed by atoms with Crippen LogP contribution in [0.5, 0.6) is 5.75 Å². The van der Waals surface area contributed by atoms with Gasteiger partial charge in [0, 0.05) is 11.3 Å². The molecule has 0 aliphatic rings. The second-order valence-corrected chi connectivity index (χ2v) is 6.43. The van der Waals surface area contributed by atoms with Crippen LogP contribution in [0.15, 0.2) is 29.4 Å². The summed E-state index contributed by atoms with van der Waals surface area (Å²) in [5.41, 5.74) is 9.35. The summed E-state index contributed by atoms with van der Waals surface area (Å²) in [6.45, 7) is 2.82. The third kappa shape index (κ3) is 7.07. The Morgan fingerprint density at radius 2 is 1.82 bits per heavy atom. The Labute approximate surface area is 163 Å². The Kier molecular flexibility index (Phi) is 9.80. The summed E-state index contributed by atoms with van der Waals surface area (Å²) in [6.07, 6.45) is -0.565. The van der Waals surface area contributed by atoms with Gasteiger partial charge < -0.3 is 25.0 Å². The van der Waals surface area contributed by atoms with Crippen molar-refractivity contribution < 1.29 is 29.3 Å². The highest BCUT2D eigenvalue weighted by atomic mass is 16.5. The molecule has 0 spiro atoms. The van der Waals surface area contributed by atoms with E-state index in [1.54, 1.807) is 38.1 Å². The lowest BCUT2D eigenvalue weighted by Gasteiger charge is -2.21. The van der Waals surface area contributed by atoms with Gasteiger partial charge in [0.15, 0.2) is 0 Å². The van der Waals surface area contributed by atoms with Crippen LogP contribution in [-0.2, 0) is 20.7 Å². The molecule has 0 aliphatic carbocycles. The Morgan fingerprint density at radius 1 is 1.21 bits per heavy atom. The van der Waals surface area contributed by atoms with Gasteiger partial charge in [0.1, 0.15) is 23.9 Å². The molecule has 0 heterocycles. The zero-order valence-corrected chi connectivity index (χ0v) is 16.1. The molecule has 10 heteroatoms. The lowest BCUT2D eigenvalue weighted by atomic mass is 10.0. The molecule has 1 aromatic rings. The van der Waals surface area contributed by atoms with E-state index in [0.29, 0.717) is 5.75 Å². The highest BCUT2D eigenvalue weighted by molar-refractivity contribution is 5.88. The van der Waals surface area contributed by atoms with Crippen LogP contribution in [0.25, 0.3) is 10.4 Å². The number of benzene rings is 1. The molecule has 0 aromatic heterocycles. The number of hydrogen-bond acceptors (Lipinski definition) is 7. The number of carbonyl (C=O) groups excluding carboxylic acids is 2. The van der Waals surface area contributed by atoms with E-state index in [2.05, 4.69) is 15.3 Å². The van der Waals surface area contributed by atoms with Gasteiger partial charge in [-0.25, -0.2) is 4.79 Å². The van der Waals surface area contributed by atoms with Gasteiger partial charge in [-0.2, -0.15) is 0 Å². The van der Waals surface area contributed by atoms with Gasteiger partial charge in [-0.15, -0.1) is 0 Å². The zero-order chi connectivity index (χ0) is 21.1. The second-order valence-electron chi connectivity index (χ2n) is 6.43. The van der Waals surface area contributed by atoms with Gasteiger partial charge >= 0.3 is 5.97 Å². The molecule has 0 bridgehead atoms. The van der Waals surface area contributed by atoms with E-state index < -0.39 is 30.1 Å². The van der Waals surface area contributed by atoms with Crippen molar-refractivity contribution in [2.45, 2.75) is 38.5 Å². The molecular formula is C18H26N4O6. The molecule has 28 heavy (non-hydrogen) atoms. The quantitative estimate of drug-likeness (QED) is 0.220. The van der Waals surface area contributed by atoms with Gasteiger partial charge in [-0.3, -0.25) is 4.79 Å². The van der Waals surface area contributed by atoms with E-state index in [4.69, 9.17) is 25.2 Å². The summed E-state index contributed by atoms with van der Waals surface area (Å²) in [4.78, 5) is 27.1.